The Bertz CT molecular complexity index is 822. The minimum Gasteiger partial charge on any atom is -0.374 e. The number of hydrogen-bond acceptors (Lipinski definition) is 4. The maximum Gasteiger partial charge on any atom is 0.246 e. The summed E-state index contributed by atoms with van der Waals surface area (Å²) in [5, 5.41) is 17.6. The summed E-state index contributed by atoms with van der Waals surface area (Å²) in [6.07, 6.45) is 0. The van der Waals surface area contributed by atoms with E-state index in [1.54, 1.807) is 55.5 Å². The number of anilines is 3. The predicted octanol–water partition coefficient (Wildman–Crippen LogP) is 3.59. The largest absolute Gasteiger partial charge is 0.374 e. The lowest BCUT2D eigenvalue weighted by Gasteiger charge is -2.16. The van der Waals surface area contributed by atoms with Crippen molar-refractivity contribution in [3.05, 3.63) is 54.1 Å². The van der Waals surface area contributed by atoms with Crippen LogP contribution < -0.4 is 16.0 Å². The minimum absolute atomic E-state index is 0.0435. The molecule has 2 aromatic carbocycles. The smallest absolute Gasteiger partial charge is 0.246 e. The maximum absolute atomic E-state index is 12.3. The van der Waals surface area contributed by atoms with Crippen LogP contribution in [0.4, 0.5) is 17.1 Å². The molecule has 0 heterocycles. The highest BCUT2D eigenvalue weighted by molar-refractivity contribution is 5.96. The summed E-state index contributed by atoms with van der Waals surface area (Å²) >= 11 is 0. The normalized spacial score (nSPS) is 11.3. The van der Waals surface area contributed by atoms with E-state index in [9.17, 15) is 9.59 Å². The van der Waals surface area contributed by atoms with E-state index in [0.717, 1.165) is 5.69 Å². The minimum atomic E-state index is -0.475. The lowest BCUT2D eigenvalue weighted by atomic mass is 10.2. The Morgan fingerprint density at radius 3 is 2.12 bits per heavy atom. The molecule has 0 aromatic heterocycles. The number of carbonyl (C=O) groups excluding carboxylic acids is 2. The first-order chi connectivity index (χ1) is 12.4. The standard InChI is InChI=1S/C20H22N4O2/c1-13(2)19(25)23-17-9-7-16(8-10-17)22-14(3)20(26)24-18-6-4-5-15(11-18)12-21/h4-11,13-14,22H,1-3H3,(H,23,25)(H,24,26). The monoisotopic (exact) mass is 350 g/mol. The Kier molecular flexibility index (Phi) is 6.34. The number of nitrogens with zero attached hydrogens (tertiary/aromatic N) is 1. The molecule has 134 valence electrons. The van der Waals surface area contributed by atoms with Crippen molar-refractivity contribution in [2.45, 2.75) is 26.8 Å². The Hall–Kier alpha value is -3.33. The number of amides is 2. The molecule has 6 nitrogen and oxygen atoms in total. The van der Waals surface area contributed by atoms with Crippen molar-refractivity contribution in [1.82, 2.24) is 0 Å². The fourth-order valence-electron chi connectivity index (χ4n) is 2.17. The van der Waals surface area contributed by atoms with Crippen LogP contribution in [0.1, 0.15) is 26.3 Å². The molecule has 0 spiro atoms. The summed E-state index contributed by atoms with van der Waals surface area (Å²) < 4.78 is 0. The van der Waals surface area contributed by atoms with E-state index in [4.69, 9.17) is 5.26 Å². The number of rotatable bonds is 6. The Morgan fingerprint density at radius 2 is 1.50 bits per heavy atom. The van der Waals surface area contributed by atoms with Gasteiger partial charge in [-0.15, -0.1) is 0 Å². The van der Waals surface area contributed by atoms with Crippen molar-refractivity contribution in [3.8, 4) is 6.07 Å². The van der Waals surface area contributed by atoms with Gasteiger partial charge in [-0.1, -0.05) is 19.9 Å². The van der Waals surface area contributed by atoms with Gasteiger partial charge in [0.05, 0.1) is 11.6 Å². The van der Waals surface area contributed by atoms with Gasteiger partial charge in [0.1, 0.15) is 6.04 Å². The molecule has 0 fully saturated rings. The van der Waals surface area contributed by atoms with E-state index in [1.807, 2.05) is 19.9 Å². The van der Waals surface area contributed by atoms with Crippen molar-refractivity contribution in [2.24, 2.45) is 5.92 Å². The molecule has 1 unspecified atom stereocenters. The van der Waals surface area contributed by atoms with E-state index in [2.05, 4.69) is 16.0 Å². The quantitative estimate of drug-likeness (QED) is 0.742. The first-order valence-corrected chi connectivity index (χ1v) is 8.37. The molecule has 0 radical (unpaired) electrons. The highest BCUT2D eigenvalue weighted by atomic mass is 16.2. The van der Waals surface area contributed by atoms with E-state index in [1.165, 1.54) is 0 Å². The summed E-state index contributed by atoms with van der Waals surface area (Å²) in [7, 11) is 0. The zero-order chi connectivity index (χ0) is 19.1. The van der Waals surface area contributed by atoms with Crippen molar-refractivity contribution in [1.29, 1.82) is 5.26 Å². The lowest BCUT2D eigenvalue weighted by Crippen LogP contribution is -2.31. The number of nitriles is 1. The molecule has 6 heteroatoms. The molecule has 2 rings (SSSR count). The topological polar surface area (TPSA) is 94.0 Å². The molecule has 0 aliphatic rings. The van der Waals surface area contributed by atoms with Gasteiger partial charge in [0.25, 0.3) is 0 Å². The second kappa shape index (κ2) is 8.67. The summed E-state index contributed by atoms with van der Waals surface area (Å²) in [6, 6.07) is 15.5. The molecule has 0 saturated carbocycles. The van der Waals surface area contributed by atoms with Crippen molar-refractivity contribution in [2.75, 3.05) is 16.0 Å². The van der Waals surface area contributed by atoms with Gasteiger partial charge in [-0.2, -0.15) is 5.26 Å². The average molecular weight is 350 g/mol. The second-order valence-electron chi connectivity index (χ2n) is 6.27. The number of carbonyl (C=O) groups is 2. The SMILES string of the molecule is CC(C)C(=O)Nc1ccc(NC(C)C(=O)Nc2cccc(C#N)c2)cc1. The highest BCUT2D eigenvalue weighted by Gasteiger charge is 2.13. The molecule has 0 bridgehead atoms. The van der Waals surface area contributed by atoms with Crippen LogP contribution in [0.3, 0.4) is 0 Å². The fourth-order valence-corrected chi connectivity index (χ4v) is 2.17. The van der Waals surface area contributed by atoms with Crippen LogP contribution in [0.25, 0.3) is 0 Å². The third-order valence-electron chi connectivity index (χ3n) is 3.71. The van der Waals surface area contributed by atoms with Gasteiger partial charge in [-0.3, -0.25) is 9.59 Å². The number of nitrogens with one attached hydrogen (secondary N) is 3. The molecule has 0 saturated heterocycles. The molecule has 2 aromatic rings. The van der Waals surface area contributed by atoms with Crippen molar-refractivity contribution in [3.63, 3.8) is 0 Å². The van der Waals surface area contributed by atoms with Crippen LogP contribution in [0.2, 0.25) is 0 Å². The number of benzene rings is 2. The molecule has 2 amide bonds. The highest BCUT2D eigenvalue weighted by Crippen LogP contribution is 2.16. The van der Waals surface area contributed by atoms with Gasteiger partial charge in [0.2, 0.25) is 11.8 Å². The van der Waals surface area contributed by atoms with E-state index < -0.39 is 6.04 Å². The summed E-state index contributed by atoms with van der Waals surface area (Å²) in [6.45, 7) is 5.41. The molecule has 0 aliphatic carbocycles. The first-order valence-electron chi connectivity index (χ1n) is 8.37. The third kappa shape index (κ3) is 5.35. The van der Waals surface area contributed by atoms with Crippen molar-refractivity contribution >= 4 is 28.9 Å². The van der Waals surface area contributed by atoms with E-state index in [-0.39, 0.29) is 17.7 Å². The van der Waals surface area contributed by atoms with Crippen LogP contribution in [0, 0.1) is 17.2 Å². The molecular formula is C20H22N4O2. The van der Waals surface area contributed by atoms with Crippen LogP contribution >= 0.6 is 0 Å². The van der Waals surface area contributed by atoms with Crippen LogP contribution in [-0.4, -0.2) is 17.9 Å². The van der Waals surface area contributed by atoms with Crippen LogP contribution in [0.5, 0.6) is 0 Å². The summed E-state index contributed by atoms with van der Waals surface area (Å²) in [4.78, 5) is 24.0. The summed E-state index contributed by atoms with van der Waals surface area (Å²) in [5.74, 6) is -0.341. The van der Waals surface area contributed by atoms with Gasteiger partial charge >= 0.3 is 0 Å². The van der Waals surface area contributed by atoms with Gasteiger partial charge in [0.15, 0.2) is 0 Å². The van der Waals surface area contributed by atoms with Crippen molar-refractivity contribution < 1.29 is 9.59 Å². The molecule has 1 atom stereocenters. The average Bonchev–Trinajstić information content (AvgIpc) is 2.63. The molecule has 0 aliphatic heterocycles. The van der Waals surface area contributed by atoms with Crippen LogP contribution in [0.15, 0.2) is 48.5 Å². The summed E-state index contributed by atoms with van der Waals surface area (Å²) in [5.41, 5.74) is 2.54. The lowest BCUT2D eigenvalue weighted by molar-refractivity contribution is -0.119. The van der Waals surface area contributed by atoms with Gasteiger partial charge in [0, 0.05) is 23.0 Å². The Morgan fingerprint density at radius 1 is 0.885 bits per heavy atom. The maximum atomic E-state index is 12.3. The van der Waals surface area contributed by atoms with Gasteiger partial charge < -0.3 is 16.0 Å². The predicted molar refractivity (Wildman–Crippen MR) is 103 cm³/mol. The molecule has 3 N–H and O–H groups in total. The molecular weight excluding hydrogens is 328 g/mol. The zero-order valence-electron chi connectivity index (χ0n) is 15.0. The number of hydrogen-bond donors (Lipinski definition) is 3. The zero-order valence-corrected chi connectivity index (χ0v) is 15.0. The Labute approximate surface area is 153 Å². The molecule has 26 heavy (non-hydrogen) atoms. The Balaban J connectivity index is 1.94. The van der Waals surface area contributed by atoms with Crippen LogP contribution in [-0.2, 0) is 9.59 Å². The fraction of sp³-hybridized carbons (Fsp3) is 0.250. The first kappa shape index (κ1) is 19.0. The van der Waals surface area contributed by atoms with E-state index >= 15 is 0 Å². The third-order valence-corrected chi connectivity index (χ3v) is 3.71. The van der Waals surface area contributed by atoms with Gasteiger partial charge in [-0.05, 0) is 49.4 Å². The van der Waals surface area contributed by atoms with E-state index in [0.29, 0.717) is 16.9 Å². The van der Waals surface area contributed by atoms with Gasteiger partial charge in [-0.25, -0.2) is 0 Å². The second-order valence-corrected chi connectivity index (χ2v) is 6.27.